The topological polar surface area (TPSA) is 94.2 Å². The molecule has 0 atom stereocenters. The van der Waals surface area contributed by atoms with Crippen LogP contribution in [0.4, 0.5) is 10.5 Å². The number of carbonyl (C=O) groups is 3. The predicted molar refractivity (Wildman–Crippen MR) is 114 cm³/mol. The number of hydrogen-bond donors (Lipinski definition) is 1. The van der Waals surface area contributed by atoms with Gasteiger partial charge in [0.1, 0.15) is 22.8 Å². The second-order valence-corrected chi connectivity index (χ2v) is 6.97. The van der Waals surface area contributed by atoms with Gasteiger partial charge in [-0.1, -0.05) is 0 Å². The van der Waals surface area contributed by atoms with Crippen LogP contribution in [0.2, 0.25) is 0 Å². The number of nitrogens with one attached hydrogen (secondary N) is 1. The number of benzene rings is 2. The van der Waals surface area contributed by atoms with Gasteiger partial charge in [0.25, 0.3) is 11.8 Å². The average molecular weight is 475 g/mol. The molecule has 2 aromatic carbocycles. The number of rotatable bonds is 6. The number of ether oxygens (including phenoxy) is 3. The molecule has 1 N–H and O–H groups in total. The van der Waals surface area contributed by atoms with Crippen molar-refractivity contribution in [1.29, 1.82) is 0 Å². The Labute approximate surface area is 181 Å². The Kier molecular flexibility index (Phi) is 6.41. The van der Waals surface area contributed by atoms with E-state index >= 15 is 0 Å². The van der Waals surface area contributed by atoms with Crippen molar-refractivity contribution in [1.82, 2.24) is 5.32 Å². The van der Waals surface area contributed by atoms with Gasteiger partial charge in [-0.25, -0.2) is 9.69 Å². The molecule has 1 saturated heterocycles. The van der Waals surface area contributed by atoms with E-state index in [2.05, 4.69) is 21.2 Å². The first-order valence-electron chi connectivity index (χ1n) is 8.95. The van der Waals surface area contributed by atoms with Crippen LogP contribution in [0.5, 0.6) is 17.2 Å². The molecule has 0 bridgehead atoms. The van der Waals surface area contributed by atoms with Gasteiger partial charge in [-0.3, -0.25) is 14.9 Å². The van der Waals surface area contributed by atoms with Gasteiger partial charge in [-0.2, -0.15) is 0 Å². The molecule has 2 aromatic rings. The van der Waals surface area contributed by atoms with Gasteiger partial charge in [0.05, 0.1) is 31.0 Å². The number of anilines is 1. The second kappa shape index (κ2) is 9.00. The molecule has 0 unspecified atom stereocenters. The monoisotopic (exact) mass is 474 g/mol. The van der Waals surface area contributed by atoms with Gasteiger partial charge in [0, 0.05) is 11.6 Å². The van der Waals surface area contributed by atoms with E-state index in [0.29, 0.717) is 39.6 Å². The Hall–Kier alpha value is -3.33. The molecular formula is C21H19BrN2O6. The molecule has 0 saturated carbocycles. The van der Waals surface area contributed by atoms with Crippen LogP contribution in [-0.2, 0) is 9.59 Å². The second-order valence-electron chi connectivity index (χ2n) is 6.11. The van der Waals surface area contributed by atoms with Crippen LogP contribution < -0.4 is 24.4 Å². The highest BCUT2D eigenvalue weighted by Crippen LogP contribution is 2.34. The summed E-state index contributed by atoms with van der Waals surface area (Å²) >= 11 is 3.37. The summed E-state index contributed by atoms with van der Waals surface area (Å²) in [6.45, 7) is 2.34. The van der Waals surface area contributed by atoms with Crippen molar-refractivity contribution in [2.75, 3.05) is 25.7 Å². The van der Waals surface area contributed by atoms with Crippen LogP contribution in [0, 0.1) is 0 Å². The van der Waals surface area contributed by atoms with Crippen LogP contribution in [0.3, 0.4) is 0 Å². The third kappa shape index (κ3) is 4.16. The Morgan fingerprint density at radius 1 is 1.03 bits per heavy atom. The van der Waals surface area contributed by atoms with E-state index < -0.39 is 17.8 Å². The van der Waals surface area contributed by atoms with Crippen molar-refractivity contribution < 1.29 is 28.6 Å². The number of imide groups is 2. The molecule has 156 valence electrons. The standard InChI is InChI=1S/C21H19BrN2O6/c1-4-30-14-7-5-13(6-8-14)24-20(26)15(19(25)23-21(24)27)9-12-10-16(22)18(29-3)11-17(12)28-2/h5-11H,4H2,1-3H3,(H,23,25,27)/b15-9+. The van der Waals surface area contributed by atoms with Crippen LogP contribution in [0.25, 0.3) is 6.08 Å². The van der Waals surface area contributed by atoms with Crippen LogP contribution in [-0.4, -0.2) is 38.7 Å². The lowest BCUT2D eigenvalue weighted by Gasteiger charge is -2.26. The summed E-state index contributed by atoms with van der Waals surface area (Å²) in [5.41, 5.74) is 0.561. The van der Waals surface area contributed by atoms with Gasteiger partial charge in [0.2, 0.25) is 0 Å². The van der Waals surface area contributed by atoms with Crippen LogP contribution in [0.15, 0.2) is 46.4 Å². The Balaban J connectivity index is 2.01. The first-order chi connectivity index (χ1) is 14.4. The van der Waals surface area contributed by atoms with Gasteiger partial charge in [-0.15, -0.1) is 0 Å². The predicted octanol–water partition coefficient (Wildman–Crippen LogP) is 3.53. The summed E-state index contributed by atoms with van der Waals surface area (Å²) < 4.78 is 16.6. The summed E-state index contributed by atoms with van der Waals surface area (Å²) in [5, 5.41) is 2.19. The van der Waals surface area contributed by atoms with E-state index in [1.807, 2.05) is 6.92 Å². The molecule has 0 spiro atoms. The lowest BCUT2D eigenvalue weighted by molar-refractivity contribution is -0.122. The maximum Gasteiger partial charge on any atom is 0.335 e. The molecule has 1 fully saturated rings. The lowest BCUT2D eigenvalue weighted by Crippen LogP contribution is -2.54. The smallest absolute Gasteiger partial charge is 0.335 e. The molecule has 4 amide bonds. The van der Waals surface area contributed by atoms with Crippen LogP contribution >= 0.6 is 15.9 Å². The molecule has 1 aliphatic heterocycles. The molecule has 0 aromatic heterocycles. The van der Waals surface area contributed by atoms with Crippen molar-refractivity contribution in [2.24, 2.45) is 0 Å². The summed E-state index contributed by atoms with van der Waals surface area (Å²) in [5.74, 6) is -0.0128. The normalized spacial score (nSPS) is 15.3. The fourth-order valence-corrected chi connectivity index (χ4v) is 3.42. The minimum Gasteiger partial charge on any atom is -0.496 e. The number of nitrogens with zero attached hydrogens (tertiary/aromatic N) is 1. The maximum absolute atomic E-state index is 13.0. The third-order valence-electron chi connectivity index (χ3n) is 4.31. The van der Waals surface area contributed by atoms with Crippen molar-refractivity contribution in [2.45, 2.75) is 6.92 Å². The number of urea groups is 1. The zero-order chi connectivity index (χ0) is 21.8. The molecule has 8 nitrogen and oxygen atoms in total. The van der Waals surface area contributed by atoms with Crippen molar-refractivity contribution in [3.05, 3.63) is 52.0 Å². The number of halogens is 1. The zero-order valence-corrected chi connectivity index (χ0v) is 18.1. The fourth-order valence-electron chi connectivity index (χ4n) is 2.90. The summed E-state index contributed by atoms with van der Waals surface area (Å²) in [7, 11) is 2.97. The Morgan fingerprint density at radius 2 is 1.70 bits per heavy atom. The number of methoxy groups -OCH3 is 2. The van der Waals surface area contributed by atoms with E-state index in [0.717, 1.165) is 4.90 Å². The quantitative estimate of drug-likeness (QED) is 0.508. The molecular weight excluding hydrogens is 456 g/mol. The first-order valence-corrected chi connectivity index (χ1v) is 9.74. The number of hydrogen-bond acceptors (Lipinski definition) is 6. The van der Waals surface area contributed by atoms with E-state index in [1.54, 1.807) is 36.4 Å². The SMILES string of the molecule is CCOc1ccc(N2C(=O)NC(=O)/C(=C\c3cc(Br)c(OC)cc3OC)C2=O)cc1. The van der Waals surface area contributed by atoms with Crippen molar-refractivity contribution >= 4 is 45.5 Å². The average Bonchev–Trinajstić information content (AvgIpc) is 2.72. The highest BCUT2D eigenvalue weighted by molar-refractivity contribution is 9.10. The number of barbiturate groups is 1. The largest absolute Gasteiger partial charge is 0.496 e. The van der Waals surface area contributed by atoms with E-state index in [9.17, 15) is 14.4 Å². The highest BCUT2D eigenvalue weighted by Gasteiger charge is 2.37. The molecule has 9 heteroatoms. The summed E-state index contributed by atoms with van der Waals surface area (Å²) in [6, 6.07) is 8.88. The van der Waals surface area contributed by atoms with Crippen molar-refractivity contribution in [3.8, 4) is 17.2 Å². The number of carbonyl (C=O) groups excluding carboxylic acids is 3. The Bertz CT molecular complexity index is 1030. The molecule has 1 aliphatic rings. The Morgan fingerprint density at radius 3 is 2.30 bits per heavy atom. The molecule has 30 heavy (non-hydrogen) atoms. The lowest BCUT2D eigenvalue weighted by atomic mass is 10.1. The van der Waals surface area contributed by atoms with E-state index in [1.165, 1.54) is 20.3 Å². The minimum atomic E-state index is -0.825. The summed E-state index contributed by atoms with van der Waals surface area (Å²) in [6.07, 6.45) is 1.37. The molecule has 3 rings (SSSR count). The van der Waals surface area contributed by atoms with Gasteiger partial charge in [-0.05, 0) is 59.3 Å². The summed E-state index contributed by atoms with van der Waals surface area (Å²) in [4.78, 5) is 38.7. The van der Waals surface area contributed by atoms with Crippen molar-refractivity contribution in [3.63, 3.8) is 0 Å². The minimum absolute atomic E-state index is 0.209. The first kappa shape index (κ1) is 21.4. The molecule has 0 aliphatic carbocycles. The van der Waals surface area contributed by atoms with Gasteiger partial charge >= 0.3 is 6.03 Å². The highest BCUT2D eigenvalue weighted by atomic mass is 79.9. The number of amides is 4. The third-order valence-corrected chi connectivity index (χ3v) is 4.93. The van der Waals surface area contributed by atoms with Crippen LogP contribution in [0.1, 0.15) is 12.5 Å². The zero-order valence-electron chi connectivity index (χ0n) is 16.5. The fraction of sp³-hybridized carbons (Fsp3) is 0.190. The maximum atomic E-state index is 13.0. The van der Waals surface area contributed by atoms with Gasteiger partial charge < -0.3 is 14.2 Å². The van der Waals surface area contributed by atoms with Gasteiger partial charge in [0.15, 0.2) is 0 Å². The van der Waals surface area contributed by atoms with E-state index in [4.69, 9.17) is 14.2 Å². The molecule has 1 heterocycles. The van der Waals surface area contributed by atoms with E-state index in [-0.39, 0.29) is 5.57 Å². The molecule has 0 radical (unpaired) electrons.